The van der Waals surface area contributed by atoms with Crippen LogP contribution in [0.2, 0.25) is 0 Å². The lowest BCUT2D eigenvalue weighted by Gasteiger charge is -2.34. The smallest absolute Gasteiger partial charge is 0.467 e. The molecule has 0 saturated carbocycles. The van der Waals surface area contributed by atoms with E-state index in [0.717, 1.165) is 12.1 Å². The first-order valence-electron chi connectivity index (χ1n) is 14.7. The monoisotopic (exact) mass is 697 g/mol. The van der Waals surface area contributed by atoms with Gasteiger partial charge in [-0.05, 0) is 48.0 Å². The van der Waals surface area contributed by atoms with Gasteiger partial charge < -0.3 is 34.6 Å². The number of nitriles is 1. The van der Waals surface area contributed by atoms with Crippen molar-refractivity contribution in [2.75, 3.05) is 30.7 Å². The Morgan fingerprint density at radius 2 is 1.80 bits per heavy atom. The molecule has 50 heavy (non-hydrogen) atoms. The summed E-state index contributed by atoms with van der Waals surface area (Å²) in [6, 6.07) is 14.9. The molecule has 1 atom stereocenters. The lowest BCUT2D eigenvalue weighted by Crippen LogP contribution is -2.49. The van der Waals surface area contributed by atoms with Gasteiger partial charge in [0.05, 0.1) is 18.5 Å². The molecule has 16 heteroatoms. The second kappa shape index (κ2) is 15.1. The number of primary amides is 1. The van der Waals surface area contributed by atoms with Gasteiger partial charge in [-0.15, -0.1) is 0 Å². The van der Waals surface area contributed by atoms with E-state index >= 15 is 0 Å². The normalized spacial score (nSPS) is 12.1. The highest BCUT2D eigenvalue weighted by Crippen LogP contribution is 2.38. The molecule has 1 unspecified atom stereocenters. The fraction of sp³-hybridized carbons (Fsp3) is 0.265. The van der Waals surface area contributed by atoms with Crippen molar-refractivity contribution in [2.45, 2.75) is 33.1 Å². The molecule has 0 radical (unpaired) electrons. The number of nitrogens with one attached hydrogen (secondary N) is 1. The number of furan rings is 1. The molecule has 2 aromatic carbocycles. The third-order valence-electron chi connectivity index (χ3n) is 7.19. The van der Waals surface area contributed by atoms with E-state index in [1.165, 1.54) is 61.9 Å². The first-order chi connectivity index (χ1) is 23.5. The number of nitrogens with two attached hydrogens (primary N) is 1. The molecule has 0 spiro atoms. The minimum absolute atomic E-state index is 0.0170. The highest BCUT2D eigenvalue weighted by atomic mass is 19.4. The number of carbonyl (C=O) groups is 3. The van der Waals surface area contributed by atoms with Crippen molar-refractivity contribution >= 4 is 29.4 Å². The summed E-state index contributed by atoms with van der Waals surface area (Å²) in [4.78, 5) is 42.3. The lowest BCUT2D eigenvalue weighted by molar-refractivity contribution is -0.170. The van der Waals surface area contributed by atoms with Crippen molar-refractivity contribution in [1.29, 1.82) is 5.26 Å². The van der Waals surface area contributed by atoms with Crippen molar-refractivity contribution < 1.29 is 50.6 Å². The Hall–Kier alpha value is -5.95. The molecule has 0 fully saturated rings. The van der Waals surface area contributed by atoms with E-state index in [9.17, 15) is 37.2 Å². The maximum absolute atomic E-state index is 14.3. The molecule has 4 rings (SSSR count). The Balaban J connectivity index is 1.95. The fourth-order valence-corrected chi connectivity index (χ4v) is 4.73. The molecule has 4 aromatic rings. The summed E-state index contributed by atoms with van der Waals surface area (Å²) in [7, 11) is 1.35. The number of pyridine rings is 1. The zero-order valence-corrected chi connectivity index (χ0v) is 27.1. The van der Waals surface area contributed by atoms with Crippen LogP contribution in [0, 0.1) is 22.6 Å². The van der Waals surface area contributed by atoms with Crippen LogP contribution in [0.1, 0.15) is 36.9 Å². The van der Waals surface area contributed by atoms with Crippen LogP contribution in [0.15, 0.2) is 71.3 Å². The minimum atomic E-state index is -5.34. The number of rotatable bonds is 11. The van der Waals surface area contributed by atoms with Gasteiger partial charge in [0, 0.05) is 35.4 Å². The number of ether oxygens (including phenoxy) is 3. The van der Waals surface area contributed by atoms with Gasteiger partial charge in [-0.25, -0.2) is 14.2 Å². The zero-order valence-electron chi connectivity index (χ0n) is 27.1. The number of alkyl halides is 3. The first kappa shape index (κ1) is 36.9. The molecular weight excluding hydrogens is 666 g/mol. The van der Waals surface area contributed by atoms with Gasteiger partial charge in [0.25, 0.3) is 5.91 Å². The van der Waals surface area contributed by atoms with Gasteiger partial charge in [0.1, 0.15) is 29.3 Å². The van der Waals surface area contributed by atoms with Crippen LogP contribution in [0.4, 0.5) is 33.9 Å². The minimum Gasteiger partial charge on any atom is -0.467 e. The SMILES string of the molecule is COCOc1cc(F)ccc1-c1cc(-c2cccc(N(CC(OC(N)=O)C(C)(C)C)C(=O)C(F)(F)F)c2)c(C#N)c(NC(=O)c2ccco2)n1. The summed E-state index contributed by atoms with van der Waals surface area (Å²) in [5.41, 5.74) is 4.16. The third kappa shape index (κ3) is 8.74. The zero-order chi connectivity index (χ0) is 36.8. The molecule has 0 aliphatic heterocycles. The summed E-state index contributed by atoms with van der Waals surface area (Å²) in [5, 5.41) is 12.8. The first-order valence-corrected chi connectivity index (χ1v) is 14.7. The highest BCUT2D eigenvalue weighted by molar-refractivity contribution is 6.03. The standard InChI is InChI=1S/C34H31F4N5O7/c1-33(2,3)28(50-32(40)46)17-43(31(45)34(36,37)38)21-8-5-7-19(13-21)23-15-25(22-11-10-20(35)14-27(22)49-18-47-4)41-29(24(23)16-39)42-30(44)26-9-6-12-48-26/h5-15,28H,17-18H2,1-4H3,(H2,40,46)(H,41,42,44). The van der Waals surface area contributed by atoms with Gasteiger partial charge in [0.15, 0.2) is 18.4 Å². The lowest BCUT2D eigenvalue weighted by atomic mass is 9.88. The number of aromatic nitrogens is 1. The van der Waals surface area contributed by atoms with Crippen LogP contribution >= 0.6 is 0 Å². The predicted molar refractivity (Wildman–Crippen MR) is 171 cm³/mol. The van der Waals surface area contributed by atoms with E-state index in [2.05, 4.69) is 10.3 Å². The molecule has 12 nitrogen and oxygen atoms in total. The molecule has 0 aliphatic carbocycles. The molecule has 2 aromatic heterocycles. The van der Waals surface area contributed by atoms with Crippen molar-refractivity contribution in [3.8, 4) is 34.2 Å². The van der Waals surface area contributed by atoms with E-state index in [0.29, 0.717) is 4.90 Å². The molecule has 3 amide bonds. The van der Waals surface area contributed by atoms with Crippen molar-refractivity contribution in [2.24, 2.45) is 11.1 Å². The molecule has 3 N–H and O–H groups in total. The van der Waals surface area contributed by atoms with Crippen molar-refractivity contribution in [3.05, 3.63) is 84.1 Å². The quantitative estimate of drug-likeness (QED) is 0.129. The maximum Gasteiger partial charge on any atom is 0.471 e. The summed E-state index contributed by atoms with van der Waals surface area (Å²) in [6.45, 7) is 3.75. The predicted octanol–water partition coefficient (Wildman–Crippen LogP) is 6.66. The van der Waals surface area contributed by atoms with Crippen molar-refractivity contribution in [3.63, 3.8) is 0 Å². The van der Waals surface area contributed by atoms with E-state index in [-0.39, 0.29) is 57.8 Å². The number of carbonyl (C=O) groups excluding carboxylic acids is 3. The number of anilines is 2. The van der Waals surface area contributed by atoms with Crippen LogP contribution in [0.3, 0.4) is 0 Å². The van der Waals surface area contributed by atoms with Crippen LogP contribution in [-0.2, 0) is 14.3 Å². The van der Waals surface area contributed by atoms with Crippen molar-refractivity contribution in [1.82, 2.24) is 4.98 Å². The molecule has 0 saturated heterocycles. The summed E-state index contributed by atoms with van der Waals surface area (Å²) < 4.78 is 76.9. The Morgan fingerprint density at radius 1 is 1.06 bits per heavy atom. The number of methoxy groups -OCH3 is 1. The maximum atomic E-state index is 14.3. The average molecular weight is 698 g/mol. The van der Waals surface area contributed by atoms with Crippen LogP contribution in [-0.4, -0.2) is 55.6 Å². The molecule has 0 bridgehead atoms. The van der Waals surface area contributed by atoms with Gasteiger partial charge in [0.2, 0.25) is 0 Å². The summed E-state index contributed by atoms with van der Waals surface area (Å²) in [5.74, 6) is -4.11. The van der Waals surface area contributed by atoms with Crippen LogP contribution in [0.5, 0.6) is 5.75 Å². The van der Waals surface area contributed by atoms with Gasteiger partial charge in [-0.2, -0.15) is 18.4 Å². The summed E-state index contributed by atoms with van der Waals surface area (Å²) >= 11 is 0. The number of hydrogen-bond donors (Lipinski definition) is 2. The average Bonchev–Trinajstić information content (AvgIpc) is 3.60. The third-order valence-corrected chi connectivity index (χ3v) is 7.19. The van der Waals surface area contributed by atoms with Crippen LogP contribution < -0.4 is 20.7 Å². The highest BCUT2D eigenvalue weighted by Gasteiger charge is 2.45. The van der Waals surface area contributed by atoms with E-state index in [1.54, 1.807) is 20.8 Å². The second-order valence-electron chi connectivity index (χ2n) is 11.8. The van der Waals surface area contributed by atoms with Gasteiger partial charge >= 0.3 is 18.2 Å². The Morgan fingerprint density at radius 3 is 2.40 bits per heavy atom. The van der Waals surface area contributed by atoms with Gasteiger partial charge in [-0.3, -0.25) is 9.59 Å². The Kier molecular flexibility index (Phi) is 11.1. The van der Waals surface area contributed by atoms with E-state index in [1.807, 2.05) is 6.07 Å². The Bertz CT molecular complexity index is 1920. The van der Waals surface area contributed by atoms with Crippen LogP contribution in [0.25, 0.3) is 22.4 Å². The van der Waals surface area contributed by atoms with E-state index < -0.39 is 48.0 Å². The number of amides is 3. The molecule has 2 heterocycles. The second-order valence-corrected chi connectivity index (χ2v) is 11.8. The van der Waals surface area contributed by atoms with Gasteiger partial charge in [-0.1, -0.05) is 32.9 Å². The largest absolute Gasteiger partial charge is 0.471 e. The molecular formula is C34H31F4N5O7. The number of halogens is 4. The number of hydrogen-bond acceptors (Lipinski definition) is 9. The van der Waals surface area contributed by atoms with E-state index in [4.69, 9.17) is 24.4 Å². The summed E-state index contributed by atoms with van der Waals surface area (Å²) in [6.07, 6.45) is -6.60. The number of nitrogens with zero attached hydrogens (tertiary/aromatic N) is 3. The Labute approximate surface area is 283 Å². The topological polar surface area (TPSA) is 170 Å². The molecule has 0 aliphatic rings. The number of benzene rings is 2. The molecule has 262 valence electrons. The fourth-order valence-electron chi connectivity index (χ4n) is 4.73.